The summed E-state index contributed by atoms with van der Waals surface area (Å²) in [5.41, 5.74) is 5.54. The molecule has 0 aromatic heterocycles. The van der Waals surface area contributed by atoms with Crippen LogP contribution in [0.4, 0.5) is 0 Å². The number of imide groups is 2. The van der Waals surface area contributed by atoms with Crippen molar-refractivity contribution in [2.24, 2.45) is 5.73 Å². The van der Waals surface area contributed by atoms with E-state index in [0.29, 0.717) is 58.5 Å². The predicted octanol–water partition coefficient (Wildman–Crippen LogP) is 2.33. The first-order valence-electron chi connectivity index (χ1n) is 32.7. The number of ether oxygens (including phenoxy) is 10. The SMILES string of the molecule is CCC(=O)OC(C(=O)CCCNCCCC(=O)COCCOC)C(OC(=O)CC)C(OC(=O)CC)C(OC(=O)CC)C(=O)NCCCCCN.CCC(=O)OC(C(=O)ON1C(=O)CCC1=O)C(OC(=O)CC)C(OC(=O)CC)C(OC(=O)CC)C(=O)ON1C(=O)CCC1=O.CCSC. The Morgan fingerprint density at radius 2 is 0.776 bits per heavy atom. The molecular weight excluding hydrogens is 1320 g/mol. The largest absolute Gasteiger partial charge is 0.454 e. The van der Waals surface area contributed by atoms with Gasteiger partial charge in [0.2, 0.25) is 24.4 Å². The first-order chi connectivity index (χ1) is 46.7. The smallest absolute Gasteiger partial charge is 0.377 e. The molecule has 0 spiro atoms. The first-order valence-corrected chi connectivity index (χ1v) is 34.1. The summed E-state index contributed by atoms with van der Waals surface area (Å²) in [5, 5.41) is 5.96. The number of nitrogens with one attached hydrogen (secondary N) is 2. The van der Waals surface area contributed by atoms with Crippen LogP contribution < -0.4 is 16.4 Å². The van der Waals surface area contributed by atoms with Crippen LogP contribution in [0.2, 0.25) is 0 Å². The topological polar surface area (TPSA) is 458 Å². The fraction of sp³-hybridized carbons (Fsp3) is 0.730. The molecule has 4 N–H and O–H groups in total. The number of hydrogen-bond acceptors (Lipinski definition) is 32. The fourth-order valence-electron chi connectivity index (χ4n) is 7.95. The van der Waals surface area contributed by atoms with Crippen molar-refractivity contribution in [1.29, 1.82) is 0 Å². The van der Waals surface area contributed by atoms with Crippen LogP contribution >= 0.6 is 11.8 Å². The number of hydrogen-bond donors (Lipinski definition) is 3. The molecule has 0 aromatic rings. The lowest BCUT2D eigenvalue weighted by Gasteiger charge is -2.35. The van der Waals surface area contributed by atoms with Crippen LogP contribution in [-0.4, -0.2) is 225 Å². The number of esters is 8. The Kier molecular flexibility index (Phi) is 47.8. The van der Waals surface area contributed by atoms with Crippen LogP contribution in [0.5, 0.6) is 0 Å². The molecule has 2 rings (SSSR count). The van der Waals surface area contributed by atoms with E-state index in [1.54, 1.807) is 7.11 Å². The molecule has 34 nitrogen and oxygen atoms in total. The standard InChI is InChI=1S/C34H59N3O13.C26H32N2O16.C3H8S/c1-6-26(40)47-30(25(39)16-14-19-36-18-13-15-24(38)23-46-22-21-45-5)31(48-27(41)7-2)32(49-28(42)8-3)33(50-29(43)9-4)34(44)37-20-12-10-11-17-35;1-5-17(33)39-21(23(41-19(35)7-3)25(37)43-27-13(29)9-10-14(27)30)22(40-18(34)6-2)24(42-20(36)8-4)26(38)44-28-15(31)11-12-16(28)32;1-3-4-2/h30-33,36H,6-23,35H2,1-5H3,(H,37,44);21-24H,5-12H2,1-4H3;3H2,1-2H3. The van der Waals surface area contributed by atoms with Crippen LogP contribution in [0.15, 0.2) is 0 Å². The lowest BCUT2D eigenvalue weighted by Crippen LogP contribution is -2.58. The number of hydroxylamine groups is 4. The van der Waals surface area contributed by atoms with E-state index >= 15 is 0 Å². The lowest BCUT2D eigenvalue weighted by atomic mass is 9.96. The third-order valence-corrected chi connectivity index (χ3v) is 14.0. The monoisotopic (exact) mass is 1420 g/mol. The number of rotatable bonds is 47. The number of carbonyl (C=O) groups excluding carboxylic acids is 17. The molecule has 98 heavy (non-hydrogen) atoms. The molecule has 2 fully saturated rings. The van der Waals surface area contributed by atoms with Crippen molar-refractivity contribution >= 4 is 113 Å². The molecule has 8 atom stereocenters. The third-order valence-electron chi connectivity index (χ3n) is 13.4. The van der Waals surface area contributed by atoms with Crippen molar-refractivity contribution in [2.75, 3.05) is 65.1 Å². The van der Waals surface area contributed by atoms with Gasteiger partial charge in [-0.1, -0.05) is 68.7 Å². The summed E-state index contributed by atoms with van der Waals surface area (Å²) in [7, 11) is 1.54. The number of ketones is 2. The lowest BCUT2D eigenvalue weighted by molar-refractivity contribution is -0.229. The van der Waals surface area contributed by atoms with Crippen LogP contribution in [-0.2, 0) is 139 Å². The zero-order valence-corrected chi connectivity index (χ0v) is 58.7. The van der Waals surface area contributed by atoms with Gasteiger partial charge in [0, 0.05) is 104 Å². The van der Waals surface area contributed by atoms with Gasteiger partial charge in [-0.2, -0.15) is 11.8 Å². The summed E-state index contributed by atoms with van der Waals surface area (Å²) in [6.07, 6.45) is -15.3. The molecule has 8 unspecified atom stereocenters. The molecule has 2 heterocycles. The normalized spacial score (nSPS) is 14.9. The van der Waals surface area contributed by atoms with Crippen molar-refractivity contribution in [3.05, 3.63) is 0 Å². The Bertz CT molecular complexity index is 2520. The molecule has 35 heteroatoms. The third kappa shape index (κ3) is 35.0. The van der Waals surface area contributed by atoms with E-state index in [-0.39, 0.29) is 106 Å². The number of nitrogens with zero attached hydrogens (tertiary/aromatic N) is 2. The van der Waals surface area contributed by atoms with Gasteiger partial charge in [-0.25, -0.2) is 9.59 Å². The Morgan fingerprint density at radius 3 is 1.13 bits per heavy atom. The van der Waals surface area contributed by atoms with Gasteiger partial charge in [-0.15, -0.1) is 10.1 Å². The average molecular weight is 1420 g/mol. The molecule has 5 amide bonds. The van der Waals surface area contributed by atoms with Crippen molar-refractivity contribution in [3.63, 3.8) is 0 Å². The van der Waals surface area contributed by atoms with Crippen LogP contribution in [0, 0.1) is 0 Å². The van der Waals surface area contributed by atoms with Crippen molar-refractivity contribution < 1.29 is 139 Å². The predicted molar refractivity (Wildman–Crippen MR) is 340 cm³/mol. The molecule has 0 saturated carbocycles. The van der Waals surface area contributed by atoms with E-state index in [1.807, 2.05) is 11.8 Å². The van der Waals surface area contributed by atoms with Crippen molar-refractivity contribution in [1.82, 2.24) is 20.8 Å². The minimum Gasteiger partial charge on any atom is -0.454 e. The maximum atomic E-state index is 13.7. The number of thioether (sulfide) groups is 1. The minimum atomic E-state index is -2.44. The average Bonchev–Trinajstić information content (AvgIpc) is 0.900. The number of Topliss-reactive ketones (excluding diaryl/α,β-unsaturated/α-hetero) is 2. The highest BCUT2D eigenvalue weighted by atomic mass is 32.2. The molecule has 0 aromatic carbocycles. The van der Waals surface area contributed by atoms with E-state index in [2.05, 4.69) is 23.8 Å². The second kappa shape index (κ2) is 52.1. The second-order valence-corrected chi connectivity index (χ2v) is 22.2. The van der Waals surface area contributed by atoms with Crippen molar-refractivity contribution in [3.8, 4) is 0 Å². The number of nitrogens with two attached hydrogens (primary N) is 1. The Morgan fingerprint density at radius 1 is 0.439 bits per heavy atom. The Hall–Kier alpha value is -8.02. The minimum absolute atomic E-state index is 0.00299. The maximum Gasteiger partial charge on any atom is 0.377 e. The summed E-state index contributed by atoms with van der Waals surface area (Å²) < 4.78 is 53.1. The van der Waals surface area contributed by atoms with Crippen LogP contribution in [0.25, 0.3) is 0 Å². The number of carbonyl (C=O) groups is 17. The van der Waals surface area contributed by atoms with E-state index in [1.165, 1.54) is 61.1 Å². The maximum absolute atomic E-state index is 13.7. The Balaban J connectivity index is 0.00000183. The van der Waals surface area contributed by atoms with Gasteiger partial charge in [-0.3, -0.25) is 71.9 Å². The van der Waals surface area contributed by atoms with E-state index < -0.39 is 157 Å². The van der Waals surface area contributed by atoms with Gasteiger partial charge >= 0.3 is 59.7 Å². The Labute approximate surface area is 573 Å². The van der Waals surface area contributed by atoms with Gasteiger partial charge in [0.05, 0.1) is 13.2 Å². The molecular formula is C63H99N5O29S. The van der Waals surface area contributed by atoms with E-state index in [0.717, 1.165) is 6.42 Å². The summed E-state index contributed by atoms with van der Waals surface area (Å²) >= 11 is 1.86. The number of unbranched alkanes of at least 4 members (excludes halogenated alkanes) is 2. The van der Waals surface area contributed by atoms with Gasteiger partial charge in [-0.05, 0) is 57.3 Å². The quantitative estimate of drug-likeness (QED) is 0.0340. The van der Waals surface area contributed by atoms with Gasteiger partial charge in [0.1, 0.15) is 6.61 Å². The molecule has 2 aliphatic heterocycles. The number of methoxy groups -OCH3 is 1. The molecule has 2 saturated heterocycles. The van der Waals surface area contributed by atoms with Crippen LogP contribution in [0.3, 0.4) is 0 Å². The number of amides is 5. The zero-order valence-electron chi connectivity index (χ0n) is 57.9. The van der Waals surface area contributed by atoms with Crippen molar-refractivity contribution in [2.45, 2.75) is 233 Å². The zero-order chi connectivity index (χ0) is 74.3. The summed E-state index contributed by atoms with van der Waals surface area (Å²) in [5.74, 6) is -15.3. The highest BCUT2D eigenvalue weighted by Gasteiger charge is 2.54. The summed E-state index contributed by atoms with van der Waals surface area (Å²) in [4.78, 5) is 224. The van der Waals surface area contributed by atoms with Gasteiger partial charge in [0.15, 0.2) is 36.0 Å². The van der Waals surface area contributed by atoms with Gasteiger partial charge < -0.3 is 73.4 Å². The first kappa shape index (κ1) is 90.0. The molecule has 0 bridgehead atoms. The highest BCUT2D eigenvalue weighted by molar-refractivity contribution is 7.98. The molecule has 0 aliphatic carbocycles. The highest BCUT2D eigenvalue weighted by Crippen LogP contribution is 2.27. The van der Waals surface area contributed by atoms with Crippen LogP contribution in [0.1, 0.15) is 184 Å². The summed E-state index contributed by atoms with van der Waals surface area (Å²) in [6, 6.07) is 0. The molecule has 556 valence electrons. The summed E-state index contributed by atoms with van der Waals surface area (Å²) in [6.45, 7) is 15.6. The van der Waals surface area contributed by atoms with E-state index in [9.17, 15) is 81.5 Å². The fourth-order valence-corrected chi connectivity index (χ4v) is 7.95. The van der Waals surface area contributed by atoms with Gasteiger partial charge in [0.25, 0.3) is 29.5 Å². The molecule has 2 aliphatic rings. The second-order valence-electron chi connectivity index (χ2n) is 21.0. The molecule has 0 radical (unpaired) electrons. The van der Waals surface area contributed by atoms with E-state index in [4.69, 9.17) is 62.8 Å².